The van der Waals surface area contributed by atoms with Crippen LogP contribution in [0.2, 0.25) is 0 Å². The van der Waals surface area contributed by atoms with Crippen LogP contribution in [-0.2, 0) is 18.0 Å². The Hall–Kier alpha value is -2.00. The molecule has 0 fully saturated rings. The molecule has 0 atom stereocenters. The number of halogens is 3. The lowest BCUT2D eigenvalue weighted by molar-refractivity contribution is -0.143. The lowest BCUT2D eigenvalue weighted by atomic mass is 10.3. The molecule has 1 aliphatic heterocycles. The summed E-state index contributed by atoms with van der Waals surface area (Å²) in [5.74, 6) is 0. The molecule has 154 valence electrons. The lowest BCUT2D eigenvalue weighted by Crippen LogP contribution is -2.13. The minimum Gasteiger partial charge on any atom is -0.354 e. The summed E-state index contributed by atoms with van der Waals surface area (Å²) < 4.78 is 38.4. The number of thiophene rings is 1. The normalized spacial score (nSPS) is 12.9. The molecule has 0 saturated heterocycles. The van der Waals surface area contributed by atoms with Gasteiger partial charge in [-0.05, 0) is 37.0 Å². The van der Waals surface area contributed by atoms with Crippen LogP contribution in [0.25, 0.3) is 10.6 Å². The molecule has 0 spiro atoms. The van der Waals surface area contributed by atoms with Gasteiger partial charge >= 0.3 is 6.18 Å². The maximum atomic E-state index is 12.5. The van der Waals surface area contributed by atoms with E-state index in [0.29, 0.717) is 12.2 Å². The van der Waals surface area contributed by atoms with Crippen molar-refractivity contribution in [2.24, 2.45) is 7.05 Å². The molecule has 0 saturated carbocycles. The monoisotopic (exact) mass is 431 g/mol. The Bertz CT molecular complexity index is 808. The SMILES string of the molecule is CC.Cc1ccc(-c2cc(C(F)(F)F)n(C)n2)s1.O=CNCC1=CCC=CS1. The van der Waals surface area contributed by atoms with Gasteiger partial charge in [-0.3, -0.25) is 9.48 Å². The molecule has 0 aliphatic carbocycles. The van der Waals surface area contributed by atoms with Crippen LogP contribution in [0.1, 0.15) is 30.8 Å². The summed E-state index contributed by atoms with van der Waals surface area (Å²) in [7, 11) is 1.30. The fraction of sp³-hybridized carbons (Fsp3) is 0.368. The Labute approximate surface area is 171 Å². The molecule has 0 aromatic carbocycles. The van der Waals surface area contributed by atoms with Gasteiger partial charge in [0.15, 0.2) is 0 Å². The van der Waals surface area contributed by atoms with Gasteiger partial charge in [-0.15, -0.1) is 23.1 Å². The number of aromatic nitrogens is 2. The summed E-state index contributed by atoms with van der Waals surface area (Å²) in [6.07, 6.45) is 1.56. The van der Waals surface area contributed by atoms with E-state index in [4.69, 9.17) is 0 Å². The smallest absolute Gasteiger partial charge is 0.354 e. The third-order valence-corrected chi connectivity index (χ3v) is 5.29. The zero-order valence-electron chi connectivity index (χ0n) is 16.2. The summed E-state index contributed by atoms with van der Waals surface area (Å²) >= 11 is 3.09. The number of aryl methyl sites for hydroxylation is 2. The predicted octanol–water partition coefficient (Wildman–Crippen LogP) is 5.77. The Kier molecular flexibility index (Phi) is 10.1. The van der Waals surface area contributed by atoms with Gasteiger partial charge in [0.05, 0.1) is 4.88 Å². The number of nitrogens with one attached hydrogen (secondary N) is 1. The fourth-order valence-electron chi connectivity index (χ4n) is 2.12. The zero-order valence-corrected chi connectivity index (χ0v) is 17.8. The van der Waals surface area contributed by atoms with Gasteiger partial charge in [-0.25, -0.2) is 0 Å². The third kappa shape index (κ3) is 7.55. The van der Waals surface area contributed by atoms with Crippen LogP contribution in [0.4, 0.5) is 13.2 Å². The Morgan fingerprint density at radius 2 is 2.04 bits per heavy atom. The molecule has 3 heterocycles. The largest absolute Gasteiger partial charge is 0.433 e. The van der Waals surface area contributed by atoms with Crippen LogP contribution in [0.5, 0.6) is 0 Å². The second-order valence-corrected chi connectivity index (χ2v) is 7.66. The highest BCUT2D eigenvalue weighted by molar-refractivity contribution is 8.05. The summed E-state index contributed by atoms with van der Waals surface area (Å²) in [5, 5.41) is 8.53. The number of allylic oxidation sites excluding steroid dienone is 2. The molecule has 1 N–H and O–H groups in total. The van der Waals surface area contributed by atoms with Crippen molar-refractivity contribution in [3.63, 3.8) is 0 Å². The maximum Gasteiger partial charge on any atom is 0.433 e. The predicted molar refractivity (Wildman–Crippen MR) is 111 cm³/mol. The van der Waals surface area contributed by atoms with E-state index in [9.17, 15) is 18.0 Å². The fourth-order valence-corrected chi connectivity index (χ4v) is 3.68. The number of carbonyl (C=O) groups excluding carboxylic acids is 1. The molecule has 1 amide bonds. The van der Waals surface area contributed by atoms with Crippen LogP contribution in [0.15, 0.2) is 40.7 Å². The van der Waals surface area contributed by atoms with E-state index in [1.807, 2.05) is 32.2 Å². The van der Waals surface area contributed by atoms with Crippen molar-refractivity contribution in [3.8, 4) is 10.6 Å². The van der Waals surface area contributed by atoms with E-state index >= 15 is 0 Å². The summed E-state index contributed by atoms with van der Waals surface area (Å²) in [5.41, 5.74) is -0.360. The van der Waals surface area contributed by atoms with Crippen LogP contribution >= 0.6 is 23.1 Å². The number of amides is 1. The molecular formula is C19H24F3N3OS2. The Morgan fingerprint density at radius 3 is 2.50 bits per heavy atom. The number of nitrogens with zero attached hydrogens (tertiary/aromatic N) is 2. The first kappa shape index (κ1) is 24.0. The molecule has 1 aliphatic rings. The molecule has 28 heavy (non-hydrogen) atoms. The van der Waals surface area contributed by atoms with Crippen LogP contribution < -0.4 is 5.32 Å². The first-order chi connectivity index (χ1) is 13.3. The van der Waals surface area contributed by atoms with Crippen LogP contribution in [0.3, 0.4) is 0 Å². The zero-order chi connectivity index (χ0) is 21.2. The summed E-state index contributed by atoms with van der Waals surface area (Å²) in [4.78, 5) is 12.9. The number of hydrogen-bond acceptors (Lipinski definition) is 4. The molecule has 0 bridgehead atoms. The van der Waals surface area contributed by atoms with Crippen molar-refractivity contribution in [1.29, 1.82) is 0 Å². The quantitative estimate of drug-likeness (QED) is 0.625. The van der Waals surface area contributed by atoms with E-state index in [1.165, 1.54) is 23.3 Å². The van der Waals surface area contributed by atoms with E-state index in [0.717, 1.165) is 33.3 Å². The highest BCUT2D eigenvalue weighted by atomic mass is 32.2. The molecule has 4 nitrogen and oxygen atoms in total. The van der Waals surface area contributed by atoms with Gasteiger partial charge in [0.1, 0.15) is 11.4 Å². The second-order valence-electron chi connectivity index (χ2n) is 5.34. The van der Waals surface area contributed by atoms with Gasteiger partial charge in [0, 0.05) is 23.4 Å². The van der Waals surface area contributed by atoms with Crippen molar-refractivity contribution >= 4 is 29.5 Å². The number of thioether (sulfide) groups is 1. The highest BCUT2D eigenvalue weighted by Gasteiger charge is 2.35. The van der Waals surface area contributed by atoms with E-state index in [-0.39, 0.29) is 0 Å². The standard InChI is InChI=1S/C10H9F3N2S.C7H9NOS.C2H6/c1-6-3-4-8(16-6)7-5-9(10(11,12)13)15(2)14-7;9-6-8-5-7-3-1-2-4-10-7;1-2/h3-5H,1-2H3;2-4,6H,1,5H2,(H,8,9);1-2H3. The average molecular weight is 432 g/mol. The topological polar surface area (TPSA) is 46.9 Å². The molecule has 3 rings (SSSR count). The van der Waals surface area contributed by atoms with Crippen molar-refractivity contribution in [2.75, 3.05) is 6.54 Å². The third-order valence-electron chi connectivity index (χ3n) is 3.32. The van der Waals surface area contributed by atoms with Crippen molar-refractivity contribution in [2.45, 2.75) is 33.4 Å². The first-order valence-corrected chi connectivity index (χ1v) is 10.4. The second kappa shape index (κ2) is 11.8. The maximum absolute atomic E-state index is 12.5. The van der Waals surface area contributed by atoms with Crippen LogP contribution in [0, 0.1) is 6.92 Å². The number of hydrogen-bond donors (Lipinski definition) is 1. The van der Waals surface area contributed by atoms with Gasteiger partial charge in [-0.1, -0.05) is 26.0 Å². The molecular weight excluding hydrogens is 407 g/mol. The number of alkyl halides is 3. The van der Waals surface area contributed by atoms with Crippen molar-refractivity contribution < 1.29 is 18.0 Å². The van der Waals surface area contributed by atoms with Gasteiger partial charge in [0.2, 0.25) is 6.41 Å². The molecule has 2 aromatic heterocycles. The van der Waals surface area contributed by atoms with E-state index < -0.39 is 11.9 Å². The summed E-state index contributed by atoms with van der Waals surface area (Å²) in [6.45, 7) is 6.57. The number of rotatable bonds is 4. The van der Waals surface area contributed by atoms with Crippen molar-refractivity contribution in [3.05, 3.63) is 51.2 Å². The van der Waals surface area contributed by atoms with Gasteiger partial charge in [0.25, 0.3) is 0 Å². The highest BCUT2D eigenvalue weighted by Crippen LogP contribution is 2.33. The molecule has 0 radical (unpaired) electrons. The minimum atomic E-state index is -4.35. The Morgan fingerprint density at radius 1 is 1.32 bits per heavy atom. The summed E-state index contributed by atoms with van der Waals surface area (Å²) in [6, 6.07) is 4.72. The average Bonchev–Trinajstić information content (AvgIpc) is 3.28. The minimum absolute atomic E-state index is 0.368. The van der Waals surface area contributed by atoms with E-state index in [1.54, 1.807) is 17.8 Å². The number of carbonyl (C=O) groups is 1. The molecule has 2 aromatic rings. The molecule has 9 heteroatoms. The van der Waals surface area contributed by atoms with E-state index in [2.05, 4.69) is 22.6 Å². The van der Waals surface area contributed by atoms with Crippen LogP contribution in [-0.4, -0.2) is 22.7 Å². The van der Waals surface area contributed by atoms with Crippen molar-refractivity contribution in [1.82, 2.24) is 15.1 Å². The Balaban J connectivity index is 0.000000281. The first-order valence-electron chi connectivity index (χ1n) is 8.67. The lowest BCUT2D eigenvalue weighted by Gasteiger charge is -2.05. The molecule has 0 unspecified atom stereocenters. The van der Waals surface area contributed by atoms with Gasteiger partial charge in [-0.2, -0.15) is 18.3 Å². The van der Waals surface area contributed by atoms with Gasteiger partial charge < -0.3 is 5.32 Å².